The number of nitrogens with zero attached hydrogens (tertiary/aromatic N) is 1. The Kier molecular flexibility index (Phi) is 6.39. The maximum absolute atomic E-state index is 15.2. The average molecular weight is 434 g/mol. The van der Waals surface area contributed by atoms with Crippen LogP contribution >= 0.6 is 0 Å². The summed E-state index contributed by atoms with van der Waals surface area (Å²) in [5.74, 6) is -3.50. The molecular formula is C26H31F4N. The Balaban J connectivity index is 2.01. The molecule has 1 saturated heterocycles. The fourth-order valence-electron chi connectivity index (χ4n) is 5.01. The number of piperidine rings is 1. The molecule has 0 amide bonds. The van der Waals surface area contributed by atoms with E-state index in [2.05, 4.69) is 39.2 Å². The van der Waals surface area contributed by atoms with E-state index >= 15 is 8.78 Å². The molecule has 3 rings (SSSR count). The van der Waals surface area contributed by atoms with Crippen molar-refractivity contribution in [2.75, 3.05) is 7.05 Å². The van der Waals surface area contributed by atoms with Gasteiger partial charge in [-0.15, -0.1) is 6.58 Å². The number of benzene rings is 2. The highest BCUT2D eigenvalue weighted by molar-refractivity contribution is 5.66. The molecule has 1 fully saturated rings. The predicted octanol–water partition coefficient (Wildman–Crippen LogP) is 7.40. The van der Waals surface area contributed by atoms with Crippen LogP contribution in [0.4, 0.5) is 17.6 Å². The molecule has 0 atom stereocenters. The van der Waals surface area contributed by atoms with E-state index in [1.165, 1.54) is 12.1 Å². The maximum Gasteiger partial charge on any atom is 0.134 e. The molecule has 0 radical (unpaired) electrons. The largest absolute Gasteiger partial charge is 0.296 e. The van der Waals surface area contributed by atoms with Gasteiger partial charge in [-0.1, -0.05) is 6.08 Å². The Morgan fingerprint density at radius 2 is 1.39 bits per heavy atom. The van der Waals surface area contributed by atoms with Crippen LogP contribution in [0, 0.1) is 23.3 Å². The Hall–Kier alpha value is -2.14. The second-order valence-electron chi connectivity index (χ2n) is 9.90. The minimum Gasteiger partial charge on any atom is -0.296 e. The molecule has 2 aromatic carbocycles. The first-order chi connectivity index (χ1) is 14.4. The van der Waals surface area contributed by atoms with Gasteiger partial charge in [0.05, 0.1) is 5.56 Å². The molecule has 0 spiro atoms. The van der Waals surface area contributed by atoms with Crippen LogP contribution in [0.3, 0.4) is 0 Å². The van der Waals surface area contributed by atoms with E-state index in [-0.39, 0.29) is 28.1 Å². The highest BCUT2D eigenvalue weighted by Gasteiger charge is 2.44. The first kappa shape index (κ1) is 23.5. The Labute approximate surface area is 182 Å². The topological polar surface area (TPSA) is 3.24 Å². The summed E-state index contributed by atoms with van der Waals surface area (Å²) in [6.07, 6.45) is 3.86. The van der Waals surface area contributed by atoms with Gasteiger partial charge in [0.15, 0.2) is 0 Å². The highest BCUT2D eigenvalue weighted by atomic mass is 19.1. The Morgan fingerprint density at radius 1 is 0.903 bits per heavy atom. The molecule has 0 N–H and O–H groups in total. The van der Waals surface area contributed by atoms with E-state index in [1.807, 2.05) is 7.05 Å². The monoisotopic (exact) mass is 433 g/mol. The van der Waals surface area contributed by atoms with Crippen LogP contribution < -0.4 is 0 Å². The van der Waals surface area contributed by atoms with E-state index in [0.717, 1.165) is 12.1 Å². The predicted molar refractivity (Wildman–Crippen MR) is 118 cm³/mol. The molecule has 1 aliphatic heterocycles. The van der Waals surface area contributed by atoms with Gasteiger partial charge in [-0.3, -0.25) is 4.90 Å². The molecule has 1 nitrogen and oxygen atoms in total. The second kappa shape index (κ2) is 8.42. The van der Waals surface area contributed by atoms with Gasteiger partial charge in [-0.05, 0) is 102 Å². The van der Waals surface area contributed by atoms with Gasteiger partial charge in [-0.2, -0.15) is 0 Å². The van der Waals surface area contributed by atoms with Gasteiger partial charge < -0.3 is 0 Å². The van der Waals surface area contributed by atoms with E-state index in [4.69, 9.17) is 0 Å². The third-order valence-corrected chi connectivity index (χ3v) is 6.82. The van der Waals surface area contributed by atoms with Crippen LogP contribution in [0.15, 0.2) is 36.9 Å². The van der Waals surface area contributed by atoms with Crippen LogP contribution in [0.5, 0.6) is 0 Å². The van der Waals surface area contributed by atoms with Crippen molar-refractivity contribution in [3.05, 3.63) is 71.3 Å². The van der Waals surface area contributed by atoms with Gasteiger partial charge in [0, 0.05) is 16.6 Å². The van der Waals surface area contributed by atoms with Crippen molar-refractivity contribution < 1.29 is 17.6 Å². The molecule has 1 aliphatic rings. The third-order valence-electron chi connectivity index (χ3n) is 6.82. The van der Waals surface area contributed by atoms with Gasteiger partial charge in [0.2, 0.25) is 0 Å². The zero-order chi connectivity index (χ0) is 23.1. The molecule has 2 aromatic rings. The SMILES string of the molecule is C=CCCc1cc(F)c(-c2cc(F)c(C3CC(C)(C)N(C)C(C)(C)C3)c(F)c2)c(F)c1. The summed E-state index contributed by atoms with van der Waals surface area (Å²) in [7, 11) is 2.02. The number of rotatable bonds is 5. The van der Waals surface area contributed by atoms with Crippen LogP contribution in [-0.4, -0.2) is 23.0 Å². The minimum atomic E-state index is -0.827. The second-order valence-corrected chi connectivity index (χ2v) is 9.90. The maximum atomic E-state index is 15.2. The van der Waals surface area contributed by atoms with E-state index < -0.39 is 28.8 Å². The summed E-state index contributed by atoms with van der Waals surface area (Å²) in [4.78, 5) is 2.24. The summed E-state index contributed by atoms with van der Waals surface area (Å²) in [5.41, 5.74) is -0.549. The highest BCUT2D eigenvalue weighted by Crippen LogP contribution is 2.46. The van der Waals surface area contributed by atoms with Crippen LogP contribution in [0.1, 0.15) is 64.0 Å². The molecule has 0 saturated carbocycles. The summed E-state index contributed by atoms with van der Waals surface area (Å²) >= 11 is 0. The summed E-state index contributed by atoms with van der Waals surface area (Å²) in [6.45, 7) is 11.8. The molecule has 1 heterocycles. The van der Waals surface area contributed by atoms with E-state index in [9.17, 15) is 8.78 Å². The first-order valence-corrected chi connectivity index (χ1v) is 10.7. The van der Waals surface area contributed by atoms with Crippen molar-refractivity contribution in [2.24, 2.45) is 0 Å². The zero-order valence-corrected chi connectivity index (χ0v) is 19.0. The molecule has 31 heavy (non-hydrogen) atoms. The lowest BCUT2D eigenvalue weighted by molar-refractivity contribution is -0.0138. The molecule has 0 bridgehead atoms. The van der Waals surface area contributed by atoms with Gasteiger partial charge in [0.1, 0.15) is 23.3 Å². The van der Waals surface area contributed by atoms with E-state index in [0.29, 0.717) is 31.2 Å². The lowest BCUT2D eigenvalue weighted by Gasteiger charge is -2.53. The number of likely N-dealkylation sites (tertiary alicyclic amines) is 1. The number of hydrogen-bond acceptors (Lipinski definition) is 1. The summed E-state index contributed by atoms with van der Waals surface area (Å²) in [6, 6.07) is 4.55. The standard InChI is InChI=1S/C26H31F4N/c1-7-8-9-16-10-19(27)23(20(28)11-16)17-12-21(29)24(22(30)13-17)18-14-25(2,3)31(6)26(4,5)15-18/h7,10-13,18H,1,8-9,14-15H2,2-6H3. The summed E-state index contributed by atoms with van der Waals surface area (Å²) < 4.78 is 59.7. The number of allylic oxidation sites excluding steroid dienone is 1. The van der Waals surface area contributed by atoms with Crippen molar-refractivity contribution in [3.8, 4) is 11.1 Å². The lowest BCUT2D eigenvalue weighted by Crippen LogP contribution is -2.58. The minimum absolute atomic E-state index is 0.00131. The Morgan fingerprint density at radius 3 is 1.84 bits per heavy atom. The number of halogens is 4. The van der Waals surface area contributed by atoms with Crippen LogP contribution in [-0.2, 0) is 6.42 Å². The normalized spacial score (nSPS) is 18.9. The first-order valence-electron chi connectivity index (χ1n) is 10.7. The average Bonchev–Trinajstić information content (AvgIpc) is 2.63. The fourth-order valence-corrected chi connectivity index (χ4v) is 5.01. The van der Waals surface area contributed by atoms with Gasteiger partial charge >= 0.3 is 0 Å². The van der Waals surface area contributed by atoms with Crippen LogP contribution in [0.2, 0.25) is 0 Å². The quantitative estimate of drug-likeness (QED) is 0.351. The lowest BCUT2D eigenvalue weighted by atomic mass is 9.71. The van der Waals surface area contributed by atoms with Gasteiger partial charge in [-0.25, -0.2) is 17.6 Å². The molecular weight excluding hydrogens is 402 g/mol. The van der Waals surface area contributed by atoms with E-state index in [1.54, 1.807) is 6.08 Å². The summed E-state index contributed by atoms with van der Waals surface area (Å²) in [5, 5.41) is 0. The van der Waals surface area contributed by atoms with Crippen LogP contribution in [0.25, 0.3) is 11.1 Å². The van der Waals surface area contributed by atoms with Crippen molar-refractivity contribution in [3.63, 3.8) is 0 Å². The van der Waals surface area contributed by atoms with Crippen molar-refractivity contribution >= 4 is 0 Å². The number of aryl methyl sites for hydroxylation is 1. The van der Waals surface area contributed by atoms with Crippen molar-refractivity contribution in [2.45, 2.75) is 70.4 Å². The molecule has 5 heteroatoms. The van der Waals surface area contributed by atoms with Gasteiger partial charge in [0.25, 0.3) is 0 Å². The zero-order valence-electron chi connectivity index (χ0n) is 19.0. The molecule has 0 aromatic heterocycles. The molecule has 0 aliphatic carbocycles. The Bertz CT molecular complexity index is 929. The molecule has 168 valence electrons. The van der Waals surface area contributed by atoms with Crippen molar-refractivity contribution in [1.82, 2.24) is 4.90 Å². The fraction of sp³-hybridized carbons (Fsp3) is 0.462. The third kappa shape index (κ3) is 4.57. The van der Waals surface area contributed by atoms with Crippen molar-refractivity contribution in [1.29, 1.82) is 0 Å². The molecule has 0 unspecified atom stereocenters. The number of hydrogen-bond donors (Lipinski definition) is 0. The smallest absolute Gasteiger partial charge is 0.134 e.